The predicted molar refractivity (Wildman–Crippen MR) is 204 cm³/mol. The van der Waals surface area contributed by atoms with Crippen LogP contribution in [0.15, 0.2) is 32.9 Å². The molecule has 9 heteroatoms. The third-order valence-corrected chi connectivity index (χ3v) is 13.7. The molecule has 2 nitrogen and oxygen atoms in total. The van der Waals surface area contributed by atoms with E-state index in [-0.39, 0.29) is 21.1 Å². The Labute approximate surface area is 300 Å². The molecule has 0 unspecified atom stereocenters. The van der Waals surface area contributed by atoms with Crippen LogP contribution in [0.5, 0.6) is 0 Å². The number of aryl methyl sites for hydroxylation is 3. The van der Waals surface area contributed by atoms with Crippen LogP contribution in [0.3, 0.4) is 0 Å². The maximum atomic E-state index is 11.5. The number of hydrogen-bond acceptors (Lipinski definition) is 4. The Bertz CT molecular complexity index is 1630. The summed E-state index contributed by atoms with van der Waals surface area (Å²) in [7, 11) is 5.23. The van der Waals surface area contributed by atoms with E-state index in [0.717, 1.165) is 26.7 Å². The first kappa shape index (κ1) is 40.6. The van der Waals surface area contributed by atoms with E-state index in [1.165, 1.54) is 32.0 Å². The Morgan fingerprint density at radius 3 is 1.04 bits per heavy atom. The molecular weight excluding hydrogens is 702 g/mol. The predicted octanol–water partition coefficient (Wildman–Crippen LogP) is 13.8. The molecule has 0 spiro atoms. The standard InChI is InChI=1S/C24H32Cl2S2.C12H16Cl2O2S/c1-13-11-17(23(5,6)7)19(25)15(3)21(13)27-28-22-14(2)12-18(24(8,9)10)20(26)16(22)4;1-7-6-9(12(3,4)5)10(13)8(2)11(7)17(14,15)16/h11-12H,1-10H3;6H,1-5H3. The van der Waals surface area contributed by atoms with Crippen LogP contribution in [0.1, 0.15) is 112 Å². The molecule has 0 saturated carbocycles. The normalized spacial score (nSPS) is 12.7. The van der Waals surface area contributed by atoms with Crippen LogP contribution >= 0.6 is 67.1 Å². The maximum Gasteiger partial charge on any atom is 0.261 e. The van der Waals surface area contributed by atoms with Crippen molar-refractivity contribution in [2.24, 2.45) is 0 Å². The minimum absolute atomic E-state index is 0.0342. The molecule has 3 rings (SSSR count). The zero-order chi connectivity index (χ0) is 35.2. The monoisotopic (exact) mass is 748 g/mol. The van der Waals surface area contributed by atoms with Gasteiger partial charge in [-0.3, -0.25) is 0 Å². The van der Waals surface area contributed by atoms with Gasteiger partial charge in [-0.2, -0.15) is 0 Å². The molecule has 3 aromatic rings. The third kappa shape index (κ3) is 9.55. The highest BCUT2D eigenvalue weighted by atomic mass is 35.7. The molecule has 0 aromatic heterocycles. The fourth-order valence-corrected chi connectivity index (χ4v) is 11.3. The minimum Gasteiger partial charge on any atom is -0.207 e. The van der Waals surface area contributed by atoms with Gasteiger partial charge in [0.15, 0.2) is 0 Å². The van der Waals surface area contributed by atoms with E-state index in [1.54, 1.807) is 41.5 Å². The van der Waals surface area contributed by atoms with E-state index >= 15 is 0 Å². The fraction of sp³-hybridized carbons (Fsp3) is 0.500. The van der Waals surface area contributed by atoms with Crippen LogP contribution in [0.4, 0.5) is 0 Å². The van der Waals surface area contributed by atoms with E-state index in [2.05, 4.69) is 81.4 Å². The first-order valence-corrected chi connectivity index (χ1v) is 20.4. The van der Waals surface area contributed by atoms with Gasteiger partial charge in [-0.1, -0.05) is 137 Å². The summed E-state index contributed by atoms with van der Waals surface area (Å²) >= 11 is 19.7. The second kappa shape index (κ2) is 14.5. The Hall–Kier alpha value is -0.530. The van der Waals surface area contributed by atoms with Gasteiger partial charge in [-0.05, 0) is 108 Å². The zero-order valence-electron chi connectivity index (χ0n) is 29.3. The Balaban J connectivity index is 0.000000355. The summed E-state index contributed by atoms with van der Waals surface area (Å²) in [5, 5.41) is 2.24. The Kier molecular flexibility index (Phi) is 13.1. The molecule has 0 aliphatic rings. The highest BCUT2D eigenvalue weighted by Gasteiger charge is 2.26. The molecule has 0 bridgehead atoms. The minimum atomic E-state index is -3.76. The van der Waals surface area contributed by atoms with Crippen molar-refractivity contribution in [3.8, 4) is 0 Å². The summed E-state index contributed by atoms with van der Waals surface area (Å²) in [4.78, 5) is 2.62. The fourth-order valence-electron chi connectivity index (χ4n) is 5.18. The van der Waals surface area contributed by atoms with Crippen molar-refractivity contribution in [1.82, 2.24) is 0 Å². The first-order valence-electron chi connectivity index (χ1n) is 14.8. The summed E-state index contributed by atoms with van der Waals surface area (Å²) < 4.78 is 23.0. The van der Waals surface area contributed by atoms with Gasteiger partial charge < -0.3 is 0 Å². The van der Waals surface area contributed by atoms with Gasteiger partial charge >= 0.3 is 0 Å². The number of rotatable bonds is 4. The number of hydrogen-bond donors (Lipinski definition) is 0. The smallest absolute Gasteiger partial charge is 0.207 e. The summed E-state index contributed by atoms with van der Waals surface area (Å²) in [6, 6.07) is 6.28. The molecule has 0 atom stereocenters. The van der Waals surface area contributed by atoms with E-state index in [4.69, 9.17) is 45.5 Å². The van der Waals surface area contributed by atoms with E-state index < -0.39 is 9.05 Å². The highest BCUT2D eigenvalue weighted by molar-refractivity contribution is 8.76. The SMILES string of the molecule is Cc1cc(C(C)(C)C)c(Cl)c(C)c1S(=O)(=O)Cl.Cc1cc(C(C)(C)C)c(Cl)c(C)c1SSc1c(C)cc(C(C)(C)C)c(Cl)c1C. The third-order valence-electron chi connectivity index (χ3n) is 7.75. The molecule has 0 aliphatic heterocycles. The number of halogens is 4. The second-order valence-electron chi connectivity index (χ2n) is 14.9. The van der Waals surface area contributed by atoms with Gasteiger partial charge in [0, 0.05) is 35.5 Å². The van der Waals surface area contributed by atoms with Crippen LogP contribution in [0.2, 0.25) is 15.1 Å². The average molecular weight is 751 g/mol. The van der Waals surface area contributed by atoms with Crippen molar-refractivity contribution in [1.29, 1.82) is 0 Å². The van der Waals surface area contributed by atoms with Crippen molar-refractivity contribution in [3.63, 3.8) is 0 Å². The molecule has 0 heterocycles. The second-order valence-corrected chi connectivity index (χ2v) is 20.7. The van der Waals surface area contributed by atoms with Crippen molar-refractivity contribution in [3.05, 3.63) is 83.3 Å². The van der Waals surface area contributed by atoms with Gasteiger partial charge in [0.25, 0.3) is 9.05 Å². The highest BCUT2D eigenvalue weighted by Crippen LogP contribution is 2.48. The van der Waals surface area contributed by atoms with Crippen molar-refractivity contribution in [2.75, 3.05) is 0 Å². The van der Waals surface area contributed by atoms with Crippen molar-refractivity contribution >= 4 is 76.1 Å². The van der Waals surface area contributed by atoms with E-state index in [1.807, 2.05) is 20.8 Å². The lowest BCUT2D eigenvalue weighted by atomic mass is 9.85. The van der Waals surface area contributed by atoms with Gasteiger partial charge in [-0.25, -0.2) is 8.42 Å². The molecule has 0 fully saturated rings. The summed E-state index contributed by atoms with van der Waals surface area (Å²) in [5.41, 5.74) is 9.31. The van der Waals surface area contributed by atoms with Crippen LogP contribution in [0, 0.1) is 41.5 Å². The van der Waals surface area contributed by atoms with Crippen LogP contribution in [-0.2, 0) is 25.3 Å². The lowest BCUT2D eigenvalue weighted by Gasteiger charge is -2.25. The lowest BCUT2D eigenvalue weighted by molar-refractivity contribution is 0.586. The van der Waals surface area contributed by atoms with Gasteiger partial charge in [-0.15, -0.1) is 0 Å². The van der Waals surface area contributed by atoms with E-state index in [9.17, 15) is 8.42 Å². The molecule has 0 radical (unpaired) electrons. The summed E-state index contributed by atoms with van der Waals surface area (Å²) in [6.45, 7) is 31.4. The number of benzene rings is 3. The van der Waals surface area contributed by atoms with Crippen LogP contribution < -0.4 is 0 Å². The summed E-state index contributed by atoms with van der Waals surface area (Å²) in [5.74, 6) is 0. The molecule has 3 aromatic carbocycles. The lowest BCUT2D eigenvalue weighted by Crippen LogP contribution is -2.14. The molecular formula is C36H48Cl4O2S3. The van der Waals surface area contributed by atoms with Crippen molar-refractivity contribution in [2.45, 2.75) is 135 Å². The van der Waals surface area contributed by atoms with Crippen LogP contribution in [0.25, 0.3) is 0 Å². The first-order chi connectivity index (χ1) is 20.1. The van der Waals surface area contributed by atoms with Gasteiger partial charge in [0.05, 0.1) is 4.90 Å². The van der Waals surface area contributed by atoms with Gasteiger partial charge in [0.2, 0.25) is 0 Å². The van der Waals surface area contributed by atoms with Crippen molar-refractivity contribution < 1.29 is 8.42 Å². The van der Waals surface area contributed by atoms with Crippen LogP contribution in [-0.4, -0.2) is 8.42 Å². The summed E-state index contributed by atoms with van der Waals surface area (Å²) in [6.07, 6.45) is 0. The molecule has 45 heavy (non-hydrogen) atoms. The molecule has 250 valence electrons. The zero-order valence-corrected chi connectivity index (χ0v) is 34.8. The largest absolute Gasteiger partial charge is 0.261 e. The van der Waals surface area contributed by atoms with E-state index in [0.29, 0.717) is 16.1 Å². The molecule has 0 amide bonds. The Morgan fingerprint density at radius 1 is 0.511 bits per heavy atom. The Morgan fingerprint density at radius 2 is 0.778 bits per heavy atom. The average Bonchev–Trinajstić information content (AvgIpc) is 2.85. The quantitative estimate of drug-likeness (QED) is 0.196. The molecule has 0 saturated heterocycles. The van der Waals surface area contributed by atoms with Gasteiger partial charge in [0.1, 0.15) is 0 Å². The maximum absolute atomic E-state index is 11.5. The molecule has 0 aliphatic carbocycles. The topological polar surface area (TPSA) is 34.1 Å². The molecule has 0 N–H and O–H groups in total.